The highest BCUT2D eigenvalue weighted by Crippen LogP contribution is 2.27. The zero-order valence-corrected chi connectivity index (χ0v) is 16.1. The molecule has 0 unspecified atom stereocenters. The zero-order valence-electron chi connectivity index (χ0n) is 14.6. The van der Waals surface area contributed by atoms with E-state index in [1.165, 1.54) is 24.4 Å². The first-order valence-corrected chi connectivity index (χ1v) is 9.25. The van der Waals surface area contributed by atoms with E-state index in [4.69, 9.17) is 20.8 Å². The second kappa shape index (κ2) is 7.93. The van der Waals surface area contributed by atoms with E-state index in [1.54, 1.807) is 18.2 Å². The summed E-state index contributed by atoms with van der Waals surface area (Å²) in [7, 11) is 1.53. The molecule has 2 aromatic carbocycles. The van der Waals surface area contributed by atoms with Gasteiger partial charge in [0.15, 0.2) is 5.78 Å². The summed E-state index contributed by atoms with van der Waals surface area (Å²) in [5.74, 6) is 1.07. The summed E-state index contributed by atoms with van der Waals surface area (Å²) in [4.78, 5) is 12.3. The minimum Gasteiger partial charge on any atom is -0.495 e. The number of hydrogen-bond acceptors (Lipinski definition) is 6. The van der Waals surface area contributed by atoms with Crippen molar-refractivity contribution in [1.82, 2.24) is 10.2 Å². The molecule has 0 spiro atoms. The second-order valence-corrected chi connectivity index (χ2v) is 7.07. The fraction of sp³-hybridized carbons (Fsp3) is 0.211. The number of rotatable bonds is 6. The fourth-order valence-corrected chi connectivity index (χ4v) is 3.23. The molecule has 3 rings (SSSR count). The fourth-order valence-electron chi connectivity index (χ4n) is 2.31. The number of carbonyl (C=O) groups is 1. The van der Waals surface area contributed by atoms with Gasteiger partial charge in [-0.2, -0.15) is 0 Å². The van der Waals surface area contributed by atoms with Crippen LogP contribution >= 0.6 is 23.4 Å². The molecule has 0 aliphatic heterocycles. The van der Waals surface area contributed by atoms with E-state index in [2.05, 4.69) is 10.2 Å². The third-order valence-corrected chi connectivity index (χ3v) is 5.07. The number of Topliss-reactive ketones (excluding diaryl/α,β-unsaturated/α-hetero) is 1. The van der Waals surface area contributed by atoms with E-state index in [0.29, 0.717) is 27.4 Å². The molecular weight excluding hydrogens is 372 g/mol. The minimum atomic E-state index is -0.0783. The summed E-state index contributed by atoms with van der Waals surface area (Å²) in [6.45, 7) is 4.08. The van der Waals surface area contributed by atoms with Crippen LogP contribution < -0.4 is 4.74 Å². The molecule has 0 fully saturated rings. The van der Waals surface area contributed by atoms with Gasteiger partial charge in [-0.05, 0) is 55.3 Å². The van der Waals surface area contributed by atoms with Crippen molar-refractivity contribution in [2.45, 2.75) is 19.1 Å². The van der Waals surface area contributed by atoms with Gasteiger partial charge >= 0.3 is 0 Å². The molecule has 5 nitrogen and oxygen atoms in total. The molecule has 7 heteroatoms. The number of ether oxygens (including phenoxy) is 1. The van der Waals surface area contributed by atoms with Gasteiger partial charge < -0.3 is 9.15 Å². The van der Waals surface area contributed by atoms with Gasteiger partial charge in [0.2, 0.25) is 5.89 Å². The number of aryl methyl sites for hydroxylation is 2. The van der Waals surface area contributed by atoms with Gasteiger partial charge in [0, 0.05) is 11.1 Å². The Morgan fingerprint density at radius 3 is 2.65 bits per heavy atom. The Balaban J connectivity index is 1.67. The quantitative estimate of drug-likeness (QED) is 0.437. The van der Waals surface area contributed by atoms with Gasteiger partial charge in [-0.1, -0.05) is 29.4 Å². The Hall–Kier alpha value is -2.31. The van der Waals surface area contributed by atoms with E-state index >= 15 is 0 Å². The SMILES string of the molecule is COc1ccc(C(=O)CSc2nnc(-c3ccc(C)c(C)c3)o2)cc1Cl. The van der Waals surface area contributed by atoms with Crippen LogP contribution in [0.1, 0.15) is 21.5 Å². The Morgan fingerprint density at radius 1 is 1.15 bits per heavy atom. The van der Waals surface area contributed by atoms with Crippen molar-refractivity contribution in [2.75, 3.05) is 12.9 Å². The van der Waals surface area contributed by atoms with Crippen molar-refractivity contribution in [3.63, 3.8) is 0 Å². The van der Waals surface area contributed by atoms with Crippen molar-refractivity contribution in [1.29, 1.82) is 0 Å². The lowest BCUT2D eigenvalue weighted by molar-refractivity contribution is 0.102. The van der Waals surface area contributed by atoms with Crippen LogP contribution in [-0.4, -0.2) is 28.8 Å². The van der Waals surface area contributed by atoms with Crippen LogP contribution in [0.4, 0.5) is 0 Å². The molecule has 0 saturated heterocycles. The molecule has 3 aromatic rings. The number of carbonyl (C=O) groups excluding carboxylic acids is 1. The maximum Gasteiger partial charge on any atom is 0.277 e. The largest absolute Gasteiger partial charge is 0.495 e. The molecule has 0 saturated carbocycles. The van der Waals surface area contributed by atoms with E-state index in [9.17, 15) is 4.79 Å². The lowest BCUT2D eigenvalue weighted by atomic mass is 10.1. The topological polar surface area (TPSA) is 65.2 Å². The normalized spacial score (nSPS) is 10.8. The summed E-state index contributed by atoms with van der Waals surface area (Å²) in [6.07, 6.45) is 0. The molecule has 0 N–H and O–H groups in total. The van der Waals surface area contributed by atoms with Crippen molar-refractivity contribution >= 4 is 29.1 Å². The molecule has 0 atom stereocenters. The van der Waals surface area contributed by atoms with Gasteiger partial charge in [-0.15, -0.1) is 10.2 Å². The average Bonchev–Trinajstić information content (AvgIpc) is 3.11. The number of thioether (sulfide) groups is 1. The highest BCUT2D eigenvalue weighted by molar-refractivity contribution is 7.99. The number of ketones is 1. The molecular formula is C19H17ClN2O3S. The lowest BCUT2D eigenvalue weighted by Crippen LogP contribution is -2.02. The predicted molar refractivity (Wildman–Crippen MR) is 102 cm³/mol. The molecule has 1 aromatic heterocycles. The number of nitrogens with zero attached hydrogens (tertiary/aromatic N) is 2. The van der Waals surface area contributed by atoms with Gasteiger partial charge in [0.05, 0.1) is 17.9 Å². The highest BCUT2D eigenvalue weighted by Gasteiger charge is 2.14. The first kappa shape index (κ1) is 18.5. The number of halogens is 1. The Morgan fingerprint density at radius 2 is 1.96 bits per heavy atom. The molecule has 0 bridgehead atoms. The van der Waals surface area contributed by atoms with Gasteiger partial charge in [0.1, 0.15) is 5.75 Å². The van der Waals surface area contributed by atoms with Crippen molar-refractivity contribution in [3.05, 3.63) is 58.1 Å². The van der Waals surface area contributed by atoms with Crippen molar-refractivity contribution < 1.29 is 13.9 Å². The first-order valence-electron chi connectivity index (χ1n) is 7.88. The zero-order chi connectivity index (χ0) is 18.7. The van der Waals surface area contributed by atoms with Gasteiger partial charge in [-0.3, -0.25) is 4.79 Å². The van der Waals surface area contributed by atoms with Crippen LogP contribution in [-0.2, 0) is 0 Å². The van der Waals surface area contributed by atoms with Crippen molar-refractivity contribution in [2.24, 2.45) is 0 Å². The maximum atomic E-state index is 12.3. The average molecular weight is 389 g/mol. The van der Waals surface area contributed by atoms with Gasteiger partial charge in [-0.25, -0.2) is 0 Å². The summed E-state index contributed by atoms with van der Waals surface area (Å²) >= 11 is 7.26. The highest BCUT2D eigenvalue weighted by atomic mass is 35.5. The smallest absolute Gasteiger partial charge is 0.277 e. The predicted octanol–water partition coefficient (Wildman–Crippen LogP) is 4.99. The summed E-state index contributed by atoms with van der Waals surface area (Å²) in [5, 5.41) is 8.82. The molecule has 1 heterocycles. The Labute approximate surface area is 160 Å². The molecule has 0 radical (unpaired) electrons. The van der Waals surface area contributed by atoms with E-state index in [1.807, 2.05) is 32.0 Å². The summed E-state index contributed by atoms with van der Waals surface area (Å²) in [6, 6.07) is 10.9. The standard InChI is InChI=1S/C19H17ClN2O3S/c1-11-4-5-14(8-12(11)2)18-21-22-19(25-18)26-10-16(23)13-6-7-17(24-3)15(20)9-13/h4-9H,10H2,1-3H3. The Bertz CT molecular complexity index is 956. The van der Waals surface area contributed by atoms with Crippen LogP contribution in [0.2, 0.25) is 5.02 Å². The first-order chi connectivity index (χ1) is 12.5. The number of methoxy groups -OCH3 is 1. The number of hydrogen-bond donors (Lipinski definition) is 0. The minimum absolute atomic E-state index is 0.0783. The van der Waals surface area contributed by atoms with Crippen LogP contribution in [0.15, 0.2) is 46.0 Å². The number of aromatic nitrogens is 2. The third kappa shape index (κ3) is 4.08. The van der Waals surface area contributed by atoms with Gasteiger partial charge in [0.25, 0.3) is 5.22 Å². The van der Waals surface area contributed by atoms with E-state index < -0.39 is 0 Å². The Kier molecular flexibility index (Phi) is 5.64. The summed E-state index contributed by atoms with van der Waals surface area (Å²) in [5.41, 5.74) is 3.73. The van der Waals surface area contributed by atoms with E-state index in [0.717, 1.165) is 11.1 Å². The molecule has 0 amide bonds. The molecule has 26 heavy (non-hydrogen) atoms. The molecule has 0 aliphatic carbocycles. The van der Waals surface area contributed by atoms with Crippen LogP contribution in [0.5, 0.6) is 5.75 Å². The lowest BCUT2D eigenvalue weighted by Gasteiger charge is -2.04. The maximum absolute atomic E-state index is 12.3. The van der Waals surface area contributed by atoms with Crippen molar-refractivity contribution in [3.8, 4) is 17.2 Å². The van der Waals surface area contributed by atoms with Crippen LogP contribution in [0, 0.1) is 13.8 Å². The summed E-state index contributed by atoms with van der Waals surface area (Å²) < 4.78 is 10.7. The second-order valence-electron chi connectivity index (χ2n) is 5.73. The molecule has 0 aliphatic rings. The molecule has 134 valence electrons. The third-order valence-electron chi connectivity index (χ3n) is 3.96. The number of benzene rings is 2. The van der Waals surface area contributed by atoms with Crippen LogP contribution in [0.25, 0.3) is 11.5 Å². The van der Waals surface area contributed by atoms with Crippen LogP contribution in [0.3, 0.4) is 0 Å². The monoisotopic (exact) mass is 388 g/mol. The van der Waals surface area contributed by atoms with E-state index in [-0.39, 0.29) is 11.5 Å².